The molecule has 0 bridgehead atoms. The number of hydrogen-bond acceptors (Lipinski definition) is 5. The molecular formula is C21H25N5O2. The number of aromatic nitrogens is 4. The van der Waals surface area contributed by atoms with Crippen molar-refractivity contribution in [3.63, 3.8) is 0 Å². The van der Waals surface area contributed by atoms with Gasteiger partial charge in [-0.3, -0.25) is 14.3 Å². The van der Waals surface area contributed by atoms with Crippen molar-refractivity contribution in [2.75, 3.05) is 13.7 Å². The van der Waals surface area contributed by atoms with Crippen LogP contribution in [0.3, 0.4) is 0 Å². The summed E-state index contributed by atoms with van der Waals surface area (Å²) >= 11 is 0. The maximum absolute atomic E-state index is 13.0. The molecule has 1 fully saturated rings. The molecular weight excluding hydrogens is 354 g/mol. The predicted molar refractivity (Wildman–Crippen MR) is 106 cm³/mol. The van der Waals surface area contributed by atoms with Gasteiger partial charge in [-0.15, -0.1) is 0 Å². The maximum Gasteiger partial charge on any atom is 0.279 e. The van der Waals surface area contributed by atoms with Gasteiger partial charge in [-0.25, -0.2) is 9.50 Å². The fraction of sp³-hybridized carbons (Fsp3) is 0.476. The van der Waals surface area contributed by atoms with Crippen molar-refractivity contribution in [3.05, 3.63) is 58.0 Å². The monoisotopic (exact) mass is 379 g/mol. The van der Waals surface area contributed by atoms with Crippen molar-refractivity contribution in [1.29, 1.82) is 0 Å². The summed E-state index contributed by atoms with van der Waals surface area (Å²) in [6.07, 6.45) is 6.46. The molecule has 7 nitrogen and oxygen atoms in total. The molecule has 28 heavy (non-hydrogen) atoms. The van der Waals surface area contributed by atoms with Gasteiger partial charge in [-0.1, -0.05) is 25.0 Å². The first kappa shape index (κ1) is 17.4. The number of methoxy groups -OCH3 is 1. The summed E-state index contributed by atoms with van der Waals surface area (Å²) in [6, 6.07) is 8.15. The smallest absolute Gasteiger partial charge is 0.279 e. The number of nitrogens with zero attached hydrogens (tertiary/aromatic N) is 5. The third-order valence-corrected chi connectivity index (χ3v) is 6.05. The Labute approximate surface area is 163 Å². The van der Waals surface area contributed by atoms with Crippen LogP contribution in [-0.2, 0) is 19.6 Å². The largest absolute Gasteiger partial charge is 0.497 e. The van der Waals surface area contributed by atoms with Crippen LogP contribution in [0, 0.1) is 0 Å². The van der Waals surface area contributed by atoms with Gasteiger partial charge in [0, 0.05) is 25.6 Å². The number of imidazole rings is 1. The molecule has 0 radical (unpaired) electrons. The lowest BCUT2D eigenvalue weighted by Crippen LogP contribution is -2.40. The lowest BCUT2D eigenvalue weighted by molar-refractivity contribution is 0.201. The Morgan fingerprint density at radius 3 is 2.68 bits per heavy atom. The SMILES string of the molecule is COc1ccc(CN2CCn3c(nn4c(C5CCCC5)ncc4c3=O)C2)cc1. The summed E-state index contributed by atoms with van der Waals surface area (Å²) in [5, 5.41) is 4.86. The van der Waals surface area contributed by atoms with E-state index in [1.165, 1.54) is 18.4 Å². The molecule has 1 aliphatic carbocycles. The summed E-state index contributed by atoms with van der Waals surface area (Å²) in [7, 11) is 1.68. The van der Waals surface area contributed by atoms with Gasteiger partial charge in [0.25, 0.3) is 5.56 Å². The Kier molecular flexibility index (Phi) is 4.39. The molecule has 1 saturated carbocycles. The molecule has 1 aliphatic heterocycles. The molecule has 0 saturated heterocycles. The van der Waals surface area contributed by atoms with Gasteiger partial charge in [0.2, 0.25) is 0 Å². The molecule has 0 amide bonds. The Morgan fingerprint density at radius 1 is 1.14 bits per heavy atom. The highest BCUT2D eigenvalue weighted by Crippen LogP contribution is 2.33. The van der Waals surface area contributed by atoms with Crippen LogP contribution >= 0.6 is 0 Å². The van der Waals surface area contributed by atoms with E-state index in [1.807, 2.05) is 21.2 Å². The molecule has 2 aliphatic rings. The molecule has 3 aromatic rings. The highest BCUT2D eigenvalue weighted by molar-refractivity contribution is 5.43. The zero-order chi connectivity index (χ0) is 19.1. The van der Waals surface area contributed by atoms with Crippen LogP contribution in [0.25, 0.3) is 5.52 Å². The van der Waals surface area contributed by atoms with E-state index < -0.39 is 0 Å². The average Bonchev–Trinajstić information content (AvgIpc) is 3.38. The van der Waals surface area contributed by atoms with E-state index in [9.17, 15) is 4.79 Å². The van der Waals surface area contributed by atoms with E-state index >= 15 is 0 Å². The van der Waals surface area contributed by atoms with Crippen molar-refractivity contribution < 1.29 is 4.74 Å². The fourth-order valence-corrected chi connectivity index (χ4v) is 4.49. The van der Waals surface area contributed by atoms with Gasteiger partial charge < -0.3 is 4.74 Å². The van der Waals surface area contributed by atoms with E-state index in [4.69, 9.17) is 9.84 Å². The standard InChI is InChI=1S/C21H25N5O2/c1-28-17-8-6-15(7-9-17)13-24-10-11-25-19(14-24)23-26-18(21(25)27)12-22-20(26)16-4-2-3-5-16/h6-9,12,16H,2-5,10-11,13-14H2,1H3. The van der Waals surface area contributed by atoms with E-state index in [0.717, 1.165) is 43.3 Å². The van der Waals surface area contributed by atoms with Gasteiger partial charge in [0.05, 0.1) is 19.9 Å². The molecule has 0 unspecified atom stereocenters. The minimum atomic E-state index is 0.0332. The van der Waals surface area contributed by atoms with Crippen LogP contribution in [0.5, 0.6) is 5.75 Å². The van der Waals surface area contributed by atoms with E-state index in [1.54, 1.807) is 13.3 Å². The molecule has 7 heteroatoms. The Bertz CT molecular complexity index is 1050. The number of benzene rings is 1. The van der Waals surface area contributed by atoms with Crippen molar-refractivity contribution in [2.45, 2.75) is 51.2 Å². The van der Waals surface area contributed by atoms with Crippen LogP contribution in [0.4, 0.5) is 0 Å². The first-order valence-electron chi connectivity index (χ1n) is 10.1. The van der Waals surface area contributed by atoms with Crippen LogP contribution in [0.2, 0.25) is 0 Å². The fourth-order valence-electron chi connectivity index (χ4n) is 4.49. The normalized spacial score (nSPS) is 17.9. The van der Waals surface area contributed by atoms with Gasteiger partial charge in [0.15, 0.2) is 5.52 Å². The molecule has 5 rings (SSSR count). The van der Waals surface area contributed by atoms with Crippen LogP contribution in [0.15, 0.2) is 35.3 Å². The molecule has 146 valence electrons. The Morgan fingerprint density at radius 2 is 1.93 bits per heavy atom. The van der Waals surface area contributed by atoms with Crippen LogP contribution in [-0.4, -0.2) is 37.7 Å². The zero-order valence-corrected chi connectivity index (χ0v) is 16.2. The average molecular weight is 379 g/mol. The Balaban J connectivity index is 1.43. The summed E-state index contributed by atoms with van der Waals surface area (Å²) in [5.41, 5.74) is 1.87. The second-order valence-electron chi connectivity index (χ2n) is 7.83. The van der Waals surface area contributed by atoms with Gasteiger partial charge >= 0.3 is 0 Å². The highest BCUT2D eigenvalue weighted by atomic mass is 16.5. The second kappa shape index (κ2) is 7.05. The van der Waals surface area contributed by atoms with Crippen molar-refractivity contribution in [3.8, 4) is 5.75 Å². The molecule has 0 atom stereocenters. The lowest BCUT2D eigenvalue weighted by atomic mass is 10.1. The van der Waals surface area contributed by atoms with Crippen LogP contribution in [0.1, 0.15) is 48.8 Å². The van der Waals surface area contributed by atoms with Gasteiger partial charge in [0.1, 0.15) is 17.4 Å². The first-order chi connectivity index (χ1) is 13.7. The summed E-state index contributed by atoms with van der Waals surface area (Å²) < 4.78 is 8.87. The zero-order valence-electron chi connectivity index (χ0n) is 16.2. The second-order valence-corrected chi connectivity index (χ2v) is 7.83. The third kappa shape index (κ3) is 2.99. The quantitative estimate of drug-likeness (QED) is 0.697. The molecule has 0 spiro atoms. The van der Waals surface area contributed by atoms with E-state index in [0.29, 0.717) is 24.5 Å². The molecule has 1 aromatic carbocycles. The molecule has 3 heterocycles. The summed E-state index contributed by atoms with van der Waals surface area (Å²) in [5.74, 6) is 3.08. The first-order valence-corrected chi connectivity index (χ1v) is 10.1. The number of fused-ring (bicyclic) bond motifs is 2. The van der Waals surface area contributed by atoms with E-state index in [2.05, 4.69) is 22.0 Å². The highest BCUT2D eigenvalue weighted by Gasteiger charge is 2.26. The number of hydrogen-bond donors (Lipinski definition) is 0. The number of ether oxygens (including phenoxy) is 1. The third-order valence-electron chi connectivity index (χ3n) is 6.05. The maximum atomic E-state index is 13.0. The van der Waals surface area contributed by atoms with Gasteiger partial charge in [-0.05, 0) is 30.5 Å². The van der Waals surface area contributed by atoms with Gasteiger partial charge in [-0.2, -0.15) is 5.10 Å². The minimum absolute atomic E-state index is 0.0332. The van der Waals surface area contributed by atoms with Crippen molar-refractivity contribution in [2.24, 2.45) is 0 Å². The lowest BCUT2D eigenvalue weighted by Gasteiger charge is -2.29. The Hall–Kier alpha value is -2.67. The summed E-state index contributed by atoms with van der Waals surface area (Å²) in [6.45, 7) is 3.00. The van der Waals surface area contributed by atoms with Crippen molar-refractivity contribution >= 4 is 5.52 Å². The summed E-state index contributed by atoms with van der Waals surface area (Å²) in [4.78, 5) is 19.9. The minimum Gasteiger partial charge on any atom is -0.497 e. The molecule has 0 N–H and O–H groups in total. The van der Waals surface area contributed by atoms with E-state index in [-0.39, 0.29) is 5.56 Å². The number of rotatable bonds is 4. The topological polar surface area (TPSA) is 64.7 Å². The predicted octanol–water partition coefficient (Wildman–Crippen LogP) is 2.57. The molecule has 2 aromatic heterocycles. The van der Waals surface area contributed by atoms with Crippen molar-refractivity contribution in [1.82, 2.24) is 24.1 Å². The van der Waals surface area contributed by atoms with Crippen LogP contribution < -0.4 is 10.3 Å².